The van der Waals surface area contributed by atoms with Gasteiger partial charge in [0.1, 0.15) is 57.9 Å². The van der Waals surface area contributed by atoms with E-state index in [1.54, 1.807) is 50.5 Å². The molecule has 0 aromatic heterocycles. The number of aromatic hydroxyl groups is 1. The highest BCUT2D eigenvalue weighted by Crippen LogP contribution is 2.44. The van der Waals surface area contributed by atoms with Crippen LogP contribution in [0.4, 0.5) is 21.0 Å². The Labute approximate surface area is 601 Å². The first-order valence-corrected chi connectivity index (χ1v) is 35.6. The van der Waals surface area contributed by atoms with Gasteiger partial charge in [0.05, 0.1) is 58.5 Å². The van der Waals surface area contributed by atoms with Gasteiger partial charge in [0.15, 0.2) is 11.4 Å². The van der Waals surface area contributed by atoms with Gasteiger partial charge in [-0.05, 0) is 188 Å². The summed E-state index contributed by atoms with van der Waals surface area (Å²) >= 11 is 0. The highest BCUT2D eigenvalue weighted by Gasteiger charge is 2.48. The Bertz CT molecular complexity index is 4170. The van der Waals surface area contributed by atoms with Gasteiger partial charge in [0, 0.05) is 78.6 Å². The molecule has 6 atom stereocenters. The molecule has 0 spiro atoms. The largest absolute Gasteiger partial charge is 0.508 e. The maximum absolute atomic E-state index is 12.7. The van der Waals surface area contributed by atoms with Crippen molar-refractivity contribution >= 4 is 39.6 Å². The van der Waals surface area contributed by atoms with E-state index >= 15 is 0 Å². The van der Waals surface area contributed by atoms with Crippen LogP contribution in [0.2, 0.25) is 0 Å². The first kappa shape index (κ1) is 78.7. The van der Waals surface area contributed by atoms with Crippen LogP contribution in [0.1, 0.15) is 124 Å². The van der Waals surface area contributed by atoms with E-state index in [0.29, 0.717) is 47.0 Å². The molecule has 20 nitrogen and oxygen atoms in total. The zero-order valence-electron chi connectivity index (χ0n) is 59.7. The van der Waals surface area contributed by atoms with Gasteiger partial charge < -0.3 is 53.0 Å². The molecule has 0 saturated carbocycles. The van der Waals surface area contributed by atoms with Gasteiger partial charge in [-0.1, -0.05) is 61.2 Å². The first-order valence-electron chi connectivity index (χ1n) is 33.7. The predicted molar refractivity (Wildman–Crippen MR) is 394 cm³/mol. The van der Waals surface area contributed by atoms with Crippen molar-refractivity contribution in [1.29, 1.82) is 5.26 Å². The van der Waals surface area contributed by atoms with Crippen molar-refractivity contribution in [2.24, 2.45) is 0 Å². The Balaban J connectivity index is 0.000000193. The molecule has 6 fully saturated rings. The van der Waals surface area contributed by atoms with E-state index in [4.69, 9.17) is 55.7 Å². The van der Waals surface area contributed by atoms with E-state index in [9.17, 15) is 27.9 Å². The highest BCUT2D eigenvalue weighted by atomic mass is 32.2. The number of nitrogens with zero attached hydrogens (tertiary/aromatic N) is 6. The van der Waals surface area contributed by atoms with Crippen molar-refractivity contribution in [3.63, 3.8) is 0 Å². The maximum atomic E-state index is 12.7. The smallest absolute Gasteiger partial charge is 0.410 e. The molecule has 6 aliphatic heterocycles. The van der Waals surface area contributed by atoms with Gasteiger partial charge >= 0.3 is 12.2 Å². The number of fused-ring (bicyclic) bond motifs is 6. The number of benzene rings is 6. The van der Waals surface area contributed by atoms with Crippen LogP contribution in [0.3, 0.4) is 0 Å². The van der Waals surface area contributed by atoms with E-state index < -0.39 is 21.3 Å². The van der Waals surface area contributed by atoms with Gasteiger partial charge in [-0.25, -0.2) is 19.3 Å². The van der Waals surface area contributed by atoms with Crippen molar-refractivity contribution < 1.29 is 65.2 Å². The molecular formula is C81H92N6O14S. The monoisotopic (exact) mass is 1400 g/mol. The number of methoxy groups -OCH3 is 3. The molecule has 21 heteroatoms. The number of nitriles is 1. The van der Waals surface area contributed by atoms with Crippen LogP contribution in [0.25, 0.3) is 43.1 Å². The zero-order chi connectivity index (χ0) is 74.6. The van der Waals surface area contributed by atoms with Crippen LogP contribution in [0.15, 0.2) is 140 Å². The van der Waals surface area contributed by atoms with Crippen LogP contribution >= 0.6 is 0 Å². The summed E-state index contributed by atoms with van der Waals surface area (Å²) in [4.78, 5) is 50.0. The lowest BCUT2D eigenvalue weighted by atomic mass is 9.99. The van der Waals surface area contributed by atoms with E-state index in [-0.39, 0.29) is 78.4 Å². The van der Waals surface area contributed by atoms with Gasteiger partial charge in [-0.15, -0.1) is 25.7 Å². The minimum Gasteiger partial charge on any atom is -0.508 e. The quantitative estimate of drug-likeness (QED) is 0.0491. The minimum atomic E-state index is -3.44. The molecule has 102 heavy (non-hydrogen) atoms. The number of rotatable bonds is 13. The van der Waals surface area contributed by atoms with E-state index in [0.717, 1.165) is 115 Å². The minimum absolute atomic E-state index is 0.00214. The predicted octanol–water partition coefficient (Wildman–Crippen LogP) is 16.6. The summed E-state index contributed by atoms with van der Waals surface area (Å²) in [6.07, 6.45) is 27.7. The topological polar surface area (TPSA) is 222 Å². The number of carbonyl (C=O) groups is 3. The number of carbonyl (C=O) groups excluding carboxylic acids is 3. The third-order valence-corrected chi connectivity index (χ3v) is 18.6. The lowest BCUT2D eigenvalue weighted by Gasteiger charge is -2.39. The van der Waals surface area contributed by atoms with E-state index in [1.165, 1.54) is 12.1 Å². The molecule has 6 bridgehead atoms. The lowest BCUT2D eigenvalue weighted by molar-refractivity contribution is -0.131. The molecule has 536 valence electrons. The molecular weight excluding hydrogens is 1310 g/mol. The van der Waals surface area contributed by atoms with Crippen molar-refractivity contribution in [3.05, 3.63) is 168 Å². The second-order valence-corrected chi connectivity index (χ2v) is 28.9. The summed E-state index contributed by atoms with van der Waals surface area (Å²) in [5.74, 6) is 3.68. The Morgan fingerprint density at radius 2 is 0.873 bits per heavy atom. The number of phenolic OH excluding ortho intramolecular Hbond substituents is 1. The molecule has 0 aliphatic carbocycles. The fraction of sp³-hybridized carbons (Fsp3) is 0.407. The third-order valence-electron chi connectivity index (χ3n) is 18.0. The summed E-state index contributed by atoms with van der Waals surface area (Å²) < 4.78 is 67.5. The zero-order valence-corrected chi connectivity index (χ0v) is 60.6. The molecule has 6 heterocycles. The summed E-state index contributed by atoms with van der Waals surface area (Å²) in [6.45, 7) is 29.8. The second kappa shape index (κ2) is 35.6. The summed E-state index contributed by atoms with van der Waals surface area (Å²) in [5.41, 5.74) is 5.71. The number of hydrogen-bond donors (Lipinski definition) is 1. The van der Waals surface area contributed by atoms with Crippen LogP contribution in [-0.2, 0) is 28.6 Å². The SMILES string of the molecule is C#C.C#C.CC(C)(C)OC(=O)N1C2CCC1CC(OS(C)(=O)=O)C2.COc1ccccc1-c1cc(O)cc(C#N)c1.[C-]#[N+]c1cc(OC2CC3CCC(C2)N3C(=O)C=C)cc(-c2ccccc2OC)c1.[C-]#[N+]c1cc(OC2CC3CCC(C2)N3C(=O)OC(C)(C)C)cc(-c2ccccc2OC)c1. The van der Waals surface area contributed by atoms with Crippen molar-refractivity contribution in [3.8, 4) is 99.6 Å². The third kappa shape index (κ3) is 21.0. The molecule has 6 aromatic carbocycles. The number of terminal acetylenes is 2. The number of amides is 3. The maximum Gasteiger partial charge on any atom is 0.410 e. The summed E-state index contributed by atoms with van der Waals surface area (Å²) in [7, 11) is 1.43. The number of para-hydroxylation sites is 3. The number of ether oxygens (including phenoxy) is 7. The molecule has 6 unspecified atom stereocenters. The second-order valence-electron chi connectivity index (χ2n) is 27.3. The molecule has 6 saturated heterocycles. The van der Waals surface area contributed by atoms with Crippen LogP contribution in [0.5, 0.6) is 34.5 Å². The van der Waals surface area contributed by atoms with Crippen molar-refractivity contribution in [2.75, 3.05) is 27.6 Å². The highest BCUT2D eigenvalue weighted by molar-refractivity contribution is 7.86. The molecule has 3 amide bonds. The fourth-order valence-corrected chi connectivity index (χ4v) is 14.9. The summed E-state index contributed by atoms with van der Waals surface area (Å²) in [6, 6.07) is 41.7. The Morgan fingerprint density at radius 1 is 0.539 bits per heavy atom. The van der Waals surface area contributed by atoms with Gasteiger partial charge in [-0.3, -0.25) is 8.98 Å². The number of phenols is 1. The van der Waals surface area contributed by atoms with Crippen molar-refractivity contribution in [1.82, 2.24) is 14.7 Å². The van der Waals surface area contributed by atoms with Gasteiger partial charge in [-0.2, -0.15) is 13.7 Å². The van der Waals surface area contributed by atoms with E-state index in [2.05, 4.69) is 42.0 Å². The van der Waals surface area contributed by atoms with Crippen LogP contribution in [-0.4, -0.2) is 140 Å². The number of piperidine rings is 3. The molecule has 6 aromatic rings. The normalized spacial score (nSPS) is 21.0. The van der Waals surface area contributed by atoms with Gasteiger partial charge in [0.2, 0.25) is 5.91 Å². The number of hydrogen-bond acceptors (Lipinski definition) is 15. The lowest BCUT2D eigenvalue weighted by Crippen LogP contribution is -2.50. The Morgan fingerprint density at radius 3 is 1.19 bits per heavy atom. The van der Waals surface area contributed by atoms with E-state index in [1.807, 2.05) is 154 Å². The Hall–Kier alpha value is -10.6. The molecule has 12 rings (SSSR count). The van der Waals surface area contributed by atoms with Gasteiger partial charge in [0.25, 0.3) is 10.1 Å². The molecule has 0 radical (unpaired) electrons. The van der Waals surface area contributed by atoms with Crippen molar-refractivity contribution in [2.45, 2.75) is 184 Å². The first-order chi connectivity index (χ1) is 48.7. The molecule has 1 N–H and O–H groups in total. The molecule has 6 aliphatic rings. The average Bonchev–Trinajstić information content (AvgIpc) is 1.63. The summed E-state index contributed by atoms with van der Waals surface area (Å²) in [5, 5.41) is 18.4. The van der Waals surface area contributed by atoms with Crippen LogP contribution in [0, 0.1) is 50.2 Å². The Kier molecular flexibility index (Phi) is 27.5. The fourth-order valence-electron chi connectivity index (χ4n) is 14.2. The average molecular weight is 1410 g/mol. The van der Waals surface area contributed by atoms with Crippen LogP contribution < -0.4 is 23.7 Å². The standard InChI is InChI=1S/C26H30N2O4.C24H24N2O3.C14H11NO2.C13H23NO5S.2C2H2/c1-26(2,3)32-25(29)28-19-10-11-20(28)16-22(15-19)31-21-13-17(12-18(14-21)27-4)23-8-6-7-9-24(23)30-5;1-4-24(27)26-18-9-10-19(26)15-21(14-18)29-20-12-16(11-17(13-20)25-2)22-7-5-6-8-23(22)28-3;1-17-14-5-3-2-4-13(14)11-6-10(9-15)7-12(16)8-11;1-13(2,3)18-12(15)14-9-5-6-10(14)8-11(7-9)19-20(4,16)17;2*1-2/h6-9,12-14,19-20,22H,10-11,15-16H2,1-3,5H3;4-8,11-13,18-19,21H,1,9-10,14-15H2,3H3;2-8,16H,1H3;9-11H,5-8H2,1-4H3;2*1-2H.